The molecule has 6 nitrogen and oxygen atoms in total. The van der Waals surface area contributed by atoms with Crippen molar-refractivity contribution in [1.29, 1.82) is 0 Å². The van der Waals surface area contributed by atoms with Crippen molar-refractivity contribution in [1.82, 2.24) is 19.6 Å². The fraction of sp³-hybridized carbons (Fsp3) is 0.167. The van der Waals surface area contributed by atoms with Gasteiger partial charge >= 0.3 is 0 Å². The first kappa shape index (κ1) is 17.2. The molecule has 0 aliphatic heterocycles. The summed E-state index contributed by atoms with van der Waals surface area (Å²) in [5.41, 5.74) is 2.46. The zero-order valence-corrected chi connectivity index (χ0v) is 15.5. The Morgan fingerprint density at radius 2 is 2.12 bits per heavy atom. The third kappa shape index (κ3) is 4.24. The van der Waals surface area contributed by atoms with Gasteiger partial charge in [0.2, 0.25) is 0 Å². The first-order valence-electron chi connectivity index (χ1n) is 7.61. The maximum atomic E-state index is 12.1. The van der Waals surface area contributed by atoms with Crippen molar-refractivity contribution in [2.24, 2.45) is 7.05 Å². The Kier molecular flexibility index (Phi) is 5.14. The summed E-state index contributed by atoms with van der Waals surface area (Å²) in [5, 5.41) is 8.28. The summed E-state index contributed by atoms with van der Waals surface area (Å²) >= 11 is 3.39. The van der Waals surface area contributed by atoms with Gasteiger partial charge in [-0.3, -0.25) is 14.2 Å². The molecule has 0 N–H and O–H groups in total. The van der Waals surface area contributed by atoms with Gasteiger partial charge in [-0.1, -0.05) is 12.1 Å². The predicted molar refractivity (Wildman–Crippen MR) is 98.6 cm³/mol. The molecule has 0 spiro atoms. The highest BCUT2D eigenvalue weighted by Crippen LogP contribution is 2.22. The maximum absolute atomic E-state index is 12.1. The van der Waals surface area contributed by atoms with Crippen LogP contribution in [0.3, 0.4) is 0 Å². The monoisotopic (exact) mass is 400 g/mol. The average molecular weight is 401 g/mol. The van der Waals surface area contributed by atoms with Gasteiger partial charge in [0.1, 0.15) is 5.75 Å². The molecule has 0 saturated carbocycles. The lowest BCUT2D eigenvalue weighted by Crippen LogP contribution is -2.02. The molecular weight excluding hydrogens is 384 g/mol. The number of methoxy groups -OCH3 is 1. The molecule has 0 amide bonds. The standard InChI is InChI=1S/C18H17BrN4O2/c1-22-10-15(8-20-22)17(24)5-3-13-4-6-18(25-2)14(7-13)11-23-12-16(19)9-21-23/h3-10,12H,11H2,1-2H3. The van der Waals surface area contributed by atoms with E-state index in [-0.39, 0.29) is 5.78 Å². The van der Waals surface area contributed by atoms with E-state index in [4.69, 9.17) is 4.74 Å². The Morgan fingerprint density at radius 3 is 2.76 bits per heavy atom. The van der Waals surface area contributed by atoms with Crippen LogP contribution in [0.4, 0.5) is 0 Å². The second kappa shape index (κ2) is 7.48. The SMILES string of the molecule is COc1ccc(C=CC(=O)c2cnn(C)c2)cc1Cn1cc(Br)cn1. The molecule has 0 saturated heterocycles. The molecular formula is C18H17BrN4O2. The van der Waals surface area contributed by atoms with Gasteiger partial charge in [0.25, 0.3) is 0 Å². The molecule has 7 heteroatoms. The lowest BCUT2D eigenvalue weighted by Gasteiger charge is -2.09. The largest absolute Gasteiger partial charge is 0.496 e. The molecule has 0 fully saturated rings. The first-order chi connectivity index (χ1) is 12.0. The molecule has 2 aromatic heterocycles. The van der Waals surface area contributed by atoms with Crippen molar-refractivity contribution >= 4 is 27.8 Å². The van der Waals surface area contributed by atoms with E-state index in [1.54, 1.807) is 49.6 Å². The number of hydrogen-bond acceptors (Lipinski definition) is 4. The minimum atomic E-state index is -0.0820. The molecule has 128 valence electrons. The second-order valence-corrected chi connectivity index (χ2v) is 6.44. The van der Waals surface area contributed by atoms with Gasteiger partial charge in [-0.05, 0) is 39.7 Å². The highest BCUT2D eigenvalue weighted by atomic mass is 79.9. The first-order valence-corrected chi connectivity index (χ1v) is 8.40. The van der Waals surface area contributed by atoms with Crippen molar-refractivity contribution in [3.05, 3.63) is 70.2 Å². The van der Waals surface area contributed by atoms with Crippen LogP contribution in [0.25, 0.3) is 6.08 Å². The number of benzene rings is 1. The average Bonchev–Trinajstić information content (AvgIpc) is 3.21. The van der Waals surface area contributed by atoms with Crippen molar-refractivity contribution in [2.45, 2.75) is 6.54 Å². The van der Waals surface area contributed by atoms with Crippen molar-refractivity contribution in [2.75, 3.05) is 7.11 Å². The number of aromatic nitrogens is 4. The molecule has 2 heterocycles. The van der Waals surface area contributed by atoms with E-state index in [1.165, 1.54) is 0 Å². The van der Waals surface area contributed by atoms with Crippen LogP contribution in [0.2, 0.25) is 0 Å². The van der Waals surface area contributed by atoms with Crippen molar-refractivity contribution in [3.8, 4) is 5.75 Å². The lowest BCUT2D eigenvalue weighted by atomic mass is 10.1. The van der Waals surface area contributed by atoms with Crippen molar-refractivity contribution in [3.63, 3.8) is 0 Å². The normalized spacial score (nSPS) is 11.2. The molecule has 0 aliphatic rings. The van der Waals surface area contributed by atoms with Crippen LogP contribution in [0.5, 0.6) is 5.75 Å². The van der Waals surface area contributed by atoms with E-state index in [1.807, 2.05) is 29.1 Å². The Bertz CT molecular complexity index is 927. The van der Waals surface area contributed by atoms with E-state index in [0.29, 0.717) is 12.1 Å². The molecule has 3 rings (SSSR count). The number of rotatable bonds is 6. The van der Waals surface area contributed by atoms with Crippen molar-refractivity contribution < 1.29 is 9.53 Å². The van der Waals surface area contributed by atoms with Gasteiger partial charge in [0.05, 0.1) is 36.1 Å². The second-order valence-electron chi connectivity index (χ2n) is 5.53. The van der Waals surface area contributed by atoms with Gasteiger partial charge in [0, 0.05) is 25.0 Å². The van der Waals surface area contributed by atoms with E-state index in [2.05, 4.69) is 26.1 Å². The quantitative estimate of drug-likeness (QED) is 0.470. The highest BCUT2D eigenvalue weighted by Gasteiger charge is 2.07. The van der Waals surface area contributed by atoms with Crippen LogP contribution in [0, 0.1) is 0 Å². The number of allylic oxidation sites excluding steroid dienone is 1. The van der Waals surface area contributed by atoms with E-state index in [0.717, 1.165) is 21.3 Å². The summed E-state index contributed by atoms with van der Waals surface area (Å²) in [6.45, 7) is 0.576. The topological polar surface area (TPSA) is 61.9 Å². The van der Waals surface area contributed by atoms with Gasteiger partial charge < -0.3 is 4.74 Å². The molecule has 0 bridgehead atoms. The molecule has 0 radical (unpaired) electrons. The van der Waals surface area contributed by atoms with Gasteiger partial charge in [-0.2, -0.15) is 10.2 Å². The number of aryl methyl sites for hydroxylation is 1. The predicted octanol–water partition coefficient (Wildman–Crippen LogP) is 3.33. The van der Waals surface area contributed by atoms with Crippen LogP contribution < -0.4 is 4.74 Å². The molecule has 0 atom stereocenters. The van der Waals surface area contributed by atoms with Gasteiger partial charge in [-0.25, -0.2) is 0 Å². The number of nitrogens with zero attached hydrogens (tertiary/aromatic N) is 4. The van der Waals surface area contributed by atoms with E-state index < -0.39 is 0 Å². The summed E-state index contributed by atoms with van der Waals surface area (Å²) in [4.78, 5) is 12.1. The zero-order chi connectivity index (χ0) is 17.8. The third-order valence-electron chi connectivity index (χ3n) is 3.66. The van der Waals surface area contributed by atoms with Gasteiger partial charge in [-0.15, -0.1) is 0 Å². The molecule has 0 aliphatic carbocycles. The van der Waals surface area contributed by atoms with Crippen LogP contribution >= 0.6 is 15.9 Å². The number of hydrogen-bond donors (Lipinski definition) is 0. The highest BCUT2D eigenvalue weighted by molar-refractivity contribution is 9.10. The Morgan fingerprint density at radius 1 is 1.28 bits per heavy atom. The fourth-order valence-corrected chi connectivity index (χ4v) is 2.77. The maximum Gasteiger partial charge on any atom is 0.189 e. The number of carbonyl (C=O) groups is 1. The summed E-state index contributed by atoms with van der Waals surface area (Å²) in [5.74, 6) is 0.698. The minimum absolute atomic E-state index is 0.0820. The number of halogens is 1. The number of carbonyl (C=O) groups excluding carboxylic acids is 1. The smallest absolute Gasteiger partial charge is 0.189 e. The van der Waals surface area contributed by atoms with Crippen LogP contribution in [-0.2, 0) is 13.6 Å². The fourth-order valence-electron chi connectivity index (χ4n) is 2.44. The van der Waals surface area contributed by atoms with Crippen LogP contribution in [-0.4, -0.2) is 32.5 Å². The Balaban J connectivity index is 1.81. The van der Waals surface area contributed by atoms with E-state index >= 15 is 0 Å². The van der Waals surface area contributed by atoms with Crippen LogP contribution in [0.1, 0.15) is 21.5 Å². The summed E-state index contributed by atoms with van der Waals surface area (Å²) in [6, 6.07) is 5.79. The number of ketones is 1. The Labute approximate surface area is 153 Å². The van der Waals surface area contributed by atoms with Gasteiger partial charge in [0.15, 0.2) is 5.78 Å². The summed E-state index contributed by atoms with van der Waals surface area (Å²) in [6.07, 6.45) is 10.2. The van der Waals surface area contributed by atoms with E-state index in [9.17, 15) is 4.79 Å². The Hall–Kier alpha value is -2.67. The minimum Gasteiger partial charge on any atom is -0.496 e. The number of ether oxygens (including phenoxy) is 1. The summed E-state index contributed by atoms with van der Waals surface area (Å²) in [7, 11) is 3.42. The molecule has 1 aromatic carbocycles. The third-order valence-corrected chi connectivity index (χ3v) is 4.06. The lowest BCUT2D eigenvalue weighted by molar-refractivity contribution is 0.104. The molecule has 0 unspecified atom stereocenters. The summed E-state index contributed by atoms with van der Waals surface area (Å²) < 4.78 is 9.76. The zero-order valence-electron chi connectivity index (χ0n) is 13.9. The van der Waals surface area contributed by atoms with Crippen LogP contribution in [0.15, 0.2) is 53.5 Å². The molecule has 3 aromatic rings. The molecule has 25 heavy (non-hydrogen) atoms.